The smallest absolute Gasteiger partial charge is 0.311 e. The summed E-state index contributed by atoms with van der Waals surface area (Å²) in [6.07, 6.45) is 0.378. The number of rotatable bonds is 4. The van der Waals surface area contributed by atoms with E-state index in [0.717, 1.165) is 6.42 Å². The van der Waals surface area contributed by atoms with Gasteiger partial charge in [-0.2, -0.15) is 4.98 Å². The van der Waals surface area contributed by atoms with Gasteiger partial charge in [0.1, 0.15) is 0 Å². The molecule has 1 fully saturated rings. The van der Waals surface area contributed by atoms with E-state index < -0.39 is 11.0 Å². The maximum Gasteiger partial charge on any atom is 0.311 e. The van der Waals surface area contributed by atoms with Gasteiger partial charge < -0.3 is 14.7 Å². The minimum absolute atomic E-state index is 0.0351. The zero-order valence-electron chi connectivity index (χ0n) is 10.9. The zero-order valence-corrected chi connectivity index (χ0v) is 10.9. The van der Waals surface area contributed by atoms with Crippen LogP contribution in [0.4, 0.5) is 11.5 Å². The van der Waals surface area contributed by atoms with Crippen molar-refractivity contribution in [2.24, 2.45) is 5.92 Å². The van der Waals surface area contributed by atoms with Crippen LogP contribution in [0.2, 0.25) is 0 Å². The Morgan fingerprint density at radius 2 is 2.37 bits per heavy atom. The van der Waals surface area contributed by atoms with Crippen LogP contribution in [-0.2, 0) is 0 Å². The molecule has 7 heteroatoms. The normalized spacial score (nSPS) is 20.4. The molecule has 1 aliphatic rings. The number of hydrogen-bond acceptors (Lipinski definition) is 6. The number of aromatic nitrogens is 1. The Morgan fingerprint density at radius 1 is 1.63 bits per heavy atom. The van der Waals surface area contributed by atoms with Gasteiger partial charge in [0.25, 0.3) is 0 Å². The van der Waals surface area contributed by atoms with E-state index in [2.05, 4.69) is 4.98 Å². The van der Waals surface area contributed by atoms with Gasteiger partial charge in [0, 0.05) is 31.1 Å². The molecule has 19 heavy (non-hydrogen) atoms. The number of pyridine rings is 1. The topological polar surface area (TPSA) is 88.7 Å². The number of aliphatic hydroxyl groups excluding tert-OH is 1. The van der Waals surface area contributed by atoms with Gasteiger partial charge in [0.2, 0.25) is 11.7 Å². The molecule has 1 aliphatic heterocycles. The quantitative estimate of drug-likeness (QED) is 0.651. The van der Waals surface area contributed by atoms with Crippen molar-refractivity contribution in [1.82, 2.24) is 4.98 Å². The summed E-state index contributed by atoms with van der Waals surface area (Å²) in [4.78, 5) is 16.6. The Kier molecular flexibility index (Phi) is 3.84. The van der Waals surface area contributed by atoms with Crippen molar-refractivity contribution in [3.05, 3.63) is 22.2 Å². The summed E-state index contributed by atoms with van der Waals surface area (Å²) < 4.78 is 5.01. The molecular formula is C12H17N3O4. The second-order valence-electron chi connectivity index (χ2n) is 4.69. The largest absolute Gasteiger partial charge is 0.481 e. The molecule has 7 nitrogen and oxygen atoms in total. The molecular weight excluding hydrogens is 250 g/mol. The minimum Gasteiger partial charge on any atom is -0.481 e. The van der Waals surface area contributed by atoms with E-state index in [-0.39, 0.29) is 11.6 Å². The van der Waals surface area contributed by atoms with E-state index in [1.54, 1.807) is 6.92 Å². The Bertz CT molecular complexity index is 478. The number of aliphatic hydroxyl groups is 1. The fourth-order valence-electron chi connectivity index (χ4n) is 2.29. The van der Waals surface area contributed by atoms with E-state index in [1.165, 1.54) is 19.2 Å². The average molecular weight is 267 g/mol. The lowest BCUT2D eigenvalue weighted by molar-refractivity contribution is -0.384. The van der Waals surface area contributed by atoms with Crippen LogP contribution in [0.1, 0.15) is 13.3 Å². The van der Waals surface area contributed by atoms with Crippen LogP contribution in [0.25, 0.3) is 0 Å². The Labute approximate surface area is 111 Å². The second-order valence-corrected chi connectivity index (χ2v) is 4.69. The average Bonchev–Trinajstić information content (AvgIpc) is 2.87. The SMILES string of the molecule is COc1ccc([N+](=O)[O-])c(N2CCC(C(C)O)C2)n1. The molecule has 0 aromatic carbocycles. The predicted molar refractivity (Wildman–Crippen MR) is 69.4 cm³/mol. The molecule has 0 amide bonds. The van der Waals surface area contributed by atoms with Crippen LogP contribution in [0.3, 0.4) is 0 Å². The van der Waals surface area contributed by atoms with Crippen molar-refractivity contribution in [1.29, 1.82) is 0 Å². The lowest BCUT2D eigenvalue weighted by Gasteiger charge is -2.18. The van der Waals surface area contributed by atoms with E-state index in [0.29, 0.717) is 24.8 Å². The van der Waals surface area contributed by atoms with Crippen molar-refractivity contribution in [3.8, 4) is 5.88 Å². The van der Waals surface area contributed by atoms with Gasteiger partial charge in [-0.05, 0) is 13.3 Å². The number of nitrogens with zero attached hydrogens (tertiary/aromatic N) is 3. The van der Waals surface area contributed by atoms with Crippen LogP contribution in [0, 0.1) is 16.0 Å². The molecule has 0 aliphatic carbocycles. The highest BCUT2D eigenvalue weighted by Crippen LogP contribution is 2.32. The lowest BCUT2D eigenvalue weighted by atomic mass is 10.0. The van der Waals surface area contributed by atoms with Gasteiger partial charge in [-0.25, -0.2) is 0 Å². The molecule has 104 valence electrons. The first-order chi connectivity index (χ1) is 9.02. The molecule has 2 unspecified atom stereocenters. The maximum absolute atomic E-state index is 11.0. The van der Waals surface area contributed by atoms with Crippen LogP contribution < -0.4 is 9.64 Å². The van der Waals surface area contributed by atoms with Gasteiger partial charge >= 0.3 is 5.69 Å². The van der Waals surface area contributed by atoms with Crippen LogP contribution >= 0.6 is 0 Å². The summed E-state index contributed by atoms with van der Waals surface area (Å²) in [5.74, 6) is 0.779. The molecule has 0 saturated carbocycles. The third-order valence-corrected chi connectivity index (χ3v) is 3.44. The highest BCUT2D eigenvalue weighted by Gasteiger charge is 2.31. The highest BCUT2D eigenvalue weighted by molar-refractivity contribution is 5.59. The van der Waals surface area contributed by atoms with Crippen molar-refractivity contribution in [3.63, 3.8) is 0 Å². The van der Waals surface area contributed by atoms with Gasteiger partial charge in [-0.1, -0.05) is 0 Å². The number of anilines is 1. The summed E-state index contributed by atoms with van der Waals surface area (Å²) in [5.41, 5.74) is -0.0351. The molecule has 1 aromatic heterocycles. The van der Waals surface area contributed by atoms with Crippen LogP contribution in [0.5, 0.6) is 5.88 Å². The molecule has 0 radical (unpaired) electrons. The van der Waals surface area contributed by atoms with Crippen LogP contribution in [0.15, 0.2) is 12.1 Å². The molecule has 0 spiro atoms. The van der Waals surface area contributed by atoms with Crippen molar-refractivity contribution >= 4 is 11.5 Å². The molecule has 2 heterocycles. The lowest BCUT2D eigenvalue weighted by Crippen LogP contribution is -2.25. The van der Waals surface area contributed by atoms with Gasteiger partial charge in [0.05, 0.1) is 18.1 Å². The van der Waals surface area contributed by atoms with E-state index in [1.807, 2.05) is 4.90 Å². The number of nitro groups is 1. The molecule has 2 rings (SSSR count). The van der Waals surface area contributed by atoms with E-state index in [9.17, 15) is 15.2 Å². The first-order valence-corrected chi connectivity index (χ1v) is 6.15. The summed E-state index contributed by atoms with van der Waals surface area (Å²) in [7, 11) is 1.47. The van der Waals surface area contributed by atoms with Crippen molar-refractivity contribution in [2.75, 3.05) is 25.1 Å². The molecule has 2 atom stereocenters. The highest BCUT2D eigenvalue weighted by atomic mass is 16.6. The van der Waals surface area contributed by atoms with Gasteiger partial charge in [0.15, 0.2) is 0 Å². The number of ether oxygens (including phenoxy) is 1. The third kappa shape index (κ3) is 2.76. The first-order valence-electron chi connectivity index (χ1n) is 6.15. The summed E-state index contributed by atoms with van der Waals surface area (Å²) >= 11 is 0. The van der Waals surface area contributed by atoms with Crippen LogP contribution in [-0.4, -0.2) is 41.3 Å². The van der Waals surface area contributed by atoms with E-state index >= 15 is 0 Å². The predicted octanol–water partition coefficient (Wildman–Crippen LogP) is 1.21. The van der Waals surface area contributed by atoms with Gasteiger partial charge in [-0.3, -0.25) is 10.1 Å². The summed E-state index contributed by atoms with van der Waals surface area (Å²) in [6, 6.07) is 2.88. The minimum atomic E-state index is -0.447. The molecule has 1 aromatic rings. The monoisotopic (exact) mass is 267 g/mol. The molecule has 1 N–H and O–H groups in total. The summed E-state index contributed by atoms with van der Waals surface area (Å²) in [5, 5.41) is 20.6. The Balaban J connectivity index is 2.30. The van der Waals surface area contributed by atoms with Crippen molar-refractivity contribution in [2.45, 2.75) is 19.4 Å². The third-order valence-electron chi connectivity index (χ3n) is 3.44. The number of hydrogen-bond donors (Lipinski definition) is 1. The first kappa shape index (κ1) is 13.5. The van der Waals surface area contributed by atoms with Crippen molar-refractivity contribution < 1.29 is 14.8 Å². The zero-order chi connectivity index (χ0) is 14.0. The fraction of sp³-hybridized carbons (Fsp3) is 0.583. The van der Waals surface area contributed by atoms with E-state index in [4.69, 9.17) is 4.74 Å². The Hall–Kier alpha value is -1.89. The molecule has 0 bridgehead atoms. The Morgan fingerprint density at radius 3 is 2.89 bits per heavy atom. The molecule has 1 saturated heterocycles. The second kappa shape index (κ2) is 5.40. The fourth-order valence-corrected chi connectivity index (χ4v) is 2.29. The number of methoxy groups -OCH3 is 1. The van der Waals surface area contributed by atoms with Gasteiger partial charge in [-0.15, -0.1) is 0 Å². The maximum atomic E-state index is 11.0. The summed E-state index contributed by atoms with van der Waals surface area (Å²) in [6.45, 7) is 2.96. The standard InChI is InChI=1S/C12H17N3O4/c1-8(16)9-5-6-14(7-9)12-10(15(17)18)3-4-11(13-12)19-2/h3-4,8-9,16H,5-7H2,1-2H3.